The number of carbonyl (C=O) groups is 1. The Hall–Kier alpha value is -0.820. The van der Waals surface area contributed by atoms with Gasteiger partial charge in [-0.25, -0.2) is 8.98 Å². The minimum atomic E-state index is -3.95. The molecule has 1 aliphatic heterocycles. The molecule has 88 valence electrons. The number of hydrogen-bond acceptors (Lipinski definition) is 5. The molecule has 1 atom stereocenters. The first kappa shape index (κ1) is 12.3. The lowest BCUT2D eigenvalue weighted by molar-refractivity contribution is 0.0399. The zero-order valence-corrected chi connectivity index (χ0v) is 10.00. The molecule has 0 spiro atoms. The van der Waals surface area contributed by atoms with E-state index in [0.29, 0.717) is 4.31 Å². The van der Waals surface area contributed by atoms with Crippen molar-refractivity contribution in [3.8, 4) is 0 Å². The van der Waals surface area contributed by atoms with Gasteiger partial charge in [-0.3, -0.25) is 0 Å². The van der Waals surface area contributed by atoms with Gasteiger partial charge in [-0.15, -0.1) is 0 Å². The maximum atomic E-state index is 11.5. The molecule has 0 bridgehead atoms. The first-order chi connectivity index (χ1) is 6.62. The topological polar surface area (TPSA) is 72.9 Å². The highest BCUT2D eigenvalue weighted by Gasteiger charge is 2.40. The number of amides is 1. The largest absolute Gasteiger partial charge is 0.443 e. The van der Waals surface area contributed by atoms with Crippen molar-refractivity contribution < 1.29 is 22.1 Å². The van der Waals surface area contributed by atoms with Crippen LogP contribution in [0.5, 0.6) is 0 Å². The molecular formula is C8H15NO5S. The van der Waals surface area contributed by atoms with E-state index >= 15 is 0 Å². The molecule has 0 aromatic rings. The molecule has 1 unspecified atom stereocenters. The minimum absolute atomic E-state index is 0.00273. The average molecular weight is 237 g/mol. The third kappa shape index (κ3) is 3.07. The Morgan fingerprint density at radius 3 is 2.33 bits per heavy atom. The van der Waals surface area contributed by atoms with Gasteiger partial charge in [-0.05, 0) is 27.7 Å². The van der Waals surface area contributed by atoms with Gasteiger partial charge in [0.15, 0.2) is 0 Å². The third-order valence-electron chi connectivity index (χ3n) is 1.58. The van der Waals surface area contributed by atoms with Crippen molar-refractivity contribution >= 4 is 16.4 Å². The van der Waals surface area contributed by atoms with E-state index in [-0.39, 0.29) is 6.54 Å². The predicted octanol–water partition coefficient (Wildman–Crippen LogP) is 0.887. The normalized spacial score (nSPS) is 25.3. The highest BCUT2D eigenvalue weighted by atomic mass is 32.2. The first-order valence-electron chi connectivity index (χ1n) is 4.56. The van der Waals surface area contributed by atoms with E-state index in [4.69, 9.17) is 4.74 Å². The van der Waals surface area contributed by atoms with Crippen molar-refractivity contribution in [3.05, 3.63) is 0 Å². The van der Waals surface area contributed by atoms with Crippen molar-refractivity contribution in [1.82, 2.24) is 4.31 Å². The van der Waals surface area contributed by atoms with Gasteiger partial charge in [0.1, 0.15) is 5.60 Å². The van der Waals surface area contributed by atoms with Gasteiger partial charge >= 0.3 is 16.4 Å². The van der Waals surface area contributed by atoms with Crippen molar-refractivity contribution in [3.63, 3.8) is 0 Å². The molecule has 1 fully saturated rings. The summed E-state index contributed by atoms with van der Waals surface area (Å²) in [7, 11) is -3.95. The molecule has 1 aliphatic rings. The van der Waals surface area contributed by atoms with Gasteiger partial charge in [0, 0.05) is 0 Å². The zero-order chi connectivity index (χ0) is 11.9. The van der Waals surface area contributed by atoms with E-state index in [9.17, 15) is 13.2 Å². The molecule has 0 N–H and O–H groups in total. The van der Waals surface area contributed by atoms with E-state index in [0.717, 1.165) is 0 Å². The van der Waals surface area contributed by atoms with Crippen LogP contribution in [0.4, 0.5) is 4.79 Å². The van der Waals surface area contributed by atoms with Crippen LogP contribution < -0.4 is 0 Å². The molecule has 1 amide bonds. The standard InChI is InChI=1S/C8H15NO5S/c1-6-5-9(15(11,12)14-6)7(10)13-8(2,3)4/h6H,5H2,1-4H3. The third-order valence-corrected chi connectivity index (χ3v) is 2.99. The van der Waals surface area contributed by atoms with E-state index in [1.807, 2.05) is 0 Å². The van der Waals surface area contributed by atoms with Crippen LogP contribution in [0.2, 0.25) is 0 Å². The van der Waals surface area contributed by atoms with Crippen molar-refractivity contribution in [2.24, 2.45) is 0 Å². The summed E-state index contributed by atoms with van der Waals surface area (Å²) in [6, 6.07) is 0. The van der Waals surface area contributed by atoms with Crippen LogP contribution in [0.25, 0.3) is 0 Å². The molecule has 0 aromatic carbocycles. The van der Waals surface area contributed by atoms with E-state index in [1.165, 1.54) is 0 Å². The number of nitrogens with zero attached hydrogens (tertiary/aromatic N) is 1. The SMILES string of the molecule is CC1CN(C(=O)OC(C)(C)C)S(=O)(=O)O1. The molecule has 1 rings (SSSR count). The monoisotopic (exact) mass is 237 g/mol. The second kappa shape index (κ2) is 3.64. The Morgan fingerprint density at radius 1 is 1.47 bits per heavy atom. The lowest BCUT2D eigenvalue weighted by Crippen LogP contribution is -2.37. The van der Waals surface area contributed by atoms with Crippen molar-refractivity contribution in [2.45, 2.75) is 39.4 Å². The molecule has 15 heavy (non-hydrogen) atoms. The van der Waals surface area contributed by atoms with Gasteiger partial charge in [0.2, 0.25) is 0 Å². The highest BCUT2D eigenvalue weighted by Crippen LogP contribution is 2.20. The maximum absolute atomic E-state index is 11.5. The lowest BCUT2D eigenvalue weighted by atomic mass is 10.2. The Balaban J connectivity index is 2.78. The van der Waals surface area contributed by atoms with Crippen LogP contribution in [0.3, 0.4) is 0 Å². The number of hydrogen-bond donors (Lipinski definition) is 0. The number of ether oxygens (including phenoxy) is 1. The van der Waals surface area contributed by atoms with Crippen LogP contribution in [-0.4, -0.2) is 37.1 Å². The summed E-state index contributed by atoms with van der Waals surface area (Å²) in [6.45, 7) is 6.56. The van der Waals surface area contributed by atoms with Crippen LogP contribution in [-0.2, 0) is 19.2 Å². The Labute approximate surface area is 89.4 Å². The fourth-order valence-electron chi connectivity index (χ4n) is 1.09. The second-order valence-electron chi connectivity index (χ2n) is 4.38. The molecule has 1 heterocycles. The summed E-state index contributed by atoms with van der Waals surface area (Å²) in [5.74, 6) is 0. The molecule has 6 nitrogen and oxygen atoms in total. The van der Waals surface area contributed by atoms with Gasteiger partial charge < -0.3 is 4.74 Å². The van der Waals surface area contributed by atoms with Gasteiger partial charge in [0.05, 0.1) is 12.6 Å². The Morgan fingerprint density at radius 2 is 2.00 bits per heavy atom. The zero-order valence-electron chi connectivity index (χ0n) is 9.18. The fourth-order valence-corrected chi connectivity index (χ4v) is 2.29. The highest BCUT2D eigenvalue weighted by molar-refractivity contribution is 7.85. The molecular weight excluding hydrogens is 222 g/mol. The fraction of sp³-hybridized carbons (Fsp3) is 0.875. The van der Waals surface area contributed by atoms with Crippen LogP contribution in [0.15, 0.2) is 0 Å². The van der Waals surface area contributed by atoms with E-state index in [2.05, 4.69) is 4.18 Å². The Bertz CT molecular complexity index is 356. The van der Waals surface area contributed by atoms with Crippen LogP contribution >= 0.6 is 0 Å². The summed E-state index contributed by atoms with van der Waals surface area (Å²) in [6.07, 6.45) is -1.42. The van der Waals surface area contributed by atoms with Gasteiger partial charge in [0.25, 0.3) is 0 Å². The molecule has 0 aromatic heterocycles. The van der Waals surface area contributed by atoms with E-state index < -0.39 is 28.1 Å². The molecule has 0 saturated carbocycles. The second-order valence-corrected chi connectivity index (χ2v) is 5.86. The summed E-state index contributed by atoms with van der Waals surface area (Å²) in [5, 5.41) is 0. The molecule has 0 aliphatic carbocycles. The molecule has 0 radical (unpaired) electrons. The summed E-state index contributed by atoms with van der Waals surface area (Å²) < 4.78 is 32.7. The summed E-state index contributed by atoms with van der Waals surface area (Å²) >= 11 is 0. The lowest BCUT2D eigenvalue weighted by Gasteiger charge is -2.22. The minimum Gasteiger partial charge on any atom is -0.443 e. The quantitative estimate of drug-likeness (QED) is 0.625. The average Bonchev–Trinajstić information content (AvgIpc) is 2.20. The van der Waals surface area contributed by atoms with Crippen molar-refractivity contribution in [2.75, 3.05) is 6.54 Å². The van der Waals surface area contributed by atoms with Gasteiger partial charge in [-0.1, -0.05) is 0 Å². The molecule has 7 heteroatoms. The number of carbonyl (C=O) groups excluding carboxylic acids is 1. The van der Waals surface area contributed by atoms with Crippen LogP contribution in [0.1, 0.15) is 27.7 Å². The Kier molecular flexibility index (Phi) is 2.97. The smallest absolute Gasteiger partial charge is 0.425 e. The van der Waals surface area contributed by atoms with E-state index in [1.54, 1.807) is 27.7 Å². The summed E-state index contributed by atoms with van der Waals surface area (Å²) in [5.41, 5.74) is -0.724. The van der Waals surface area contributed by atoms with Crippen molar-refractivity contribution in [1.29, 1.82) is 0 Å². The first-order valence-corrected chi connectivity index (χ1v) is 5.92. The van der Waals surface area contributed by atoms with Crippen LogP contribution in [0, 0.1) is 0 Å². The maximum Gasteiger partial charge on any atom is 0.425 e. The summed E-state index contributed by atoms with van der Waals surface area (Å²) in [4.78, 5) is 11.5. The predicted molar refractivity (Wildman–Crippen MR) is 52.4 cm³/mol. The molecule has 1 saturated heterocycles. The number of rotatable bonds is 0. The van der Waals surface area contributed by atoms with Gasteiger partial charge in [-0.2, -0.15) is 12.7 Å².